The summed E-state index contributed by atoms with van der Waals surface area (Å²) in [6, 6.07) is 4.01. The number of carbonyl (C=O) groups excluding carboxylic acids is 1. The number of anilines is 1. The summed E-state index contributed by atoms with van der Waals surface area (Å²) in [5.74, 6) is 1.07. The number of carbonyl (C=O) groups is 1. The first kappa shape index (κ1) is 25.0. The monoisotopic (exact) mass is 409 g/mol. The van der Waals surface area contributed by atoms with Gasteiger partial charge in [-0.15, -0.1) is 0 Å². The Balaban J connectivity index is 3.11. The van der Waals surface area contributed by atoms with Gasteiger partial charge >= 0.3 is 174 Å². The third-order valence-electron chi connectivity index (χ3n) is 6.39. The molecule has 1 atom stereocenters. The van der Waals surface area contributed by atoms with E-state index in [2.05, 4.69) is 33.0 Å². The number of methoxy groups -OCH3 is 1. The maximum atomic E-state index is 13.4. The van der Waals surface area contributed by atoms with Crippen molar-refractivity contribution in [2.24, 2.45) is 0 Å². The molecule has 1 aromatic carbocycles. The van der Waals surface area contributed by atoms with Crippen LogP contribution in [0, 0.1) is 13.8 Å². The molecule has 1 N–H and O–H groups in total. The van der Waals surface area contributed by atoms with Gasteiger partial charge in [-0.3, -0.25) is 0 Å². The summed E-state index contributed by atoms with van der Waals surface area (Å²) in [4.78, 5) is 13.4. The molecular weight excluding hydrogens is 365 g/mol. The van der Waals surface area contributed by atoms with Gasteiger partial charge in [-0.05, 0) is 0 Å². The summed E-state index contributed by atoms with van der Waals surface area (Å²) in [6.07, 6.45) is 11.3. The van der Waals surface area contributed by atoms with Crippen LogP contribution in [0.2, 0.25) is 0 Å². The number of ether oxygens (including phenoxy) is 1. The number of aryl methyl sites for hydroxylation is 2. The normalized spacial score (nSPS) is 13.2. The minimum atomic E-state index is -1.67. The van der Waals surface area contributed by atoms with E-state index in [9.17, 15) is 4.79 Å². The Morgan fingerprint density at radius 1 is 0.964 bits per heavy atom. The molecule has 1 unspecified atom stereocenters. The Hall–Kier alpha value is -1.08. The van der Waals surface area contributed by atoms with Crippen molar-refractivity contribution >= 4 is 18.9 Å². The van der Waals surface area contributed by atoms with Gasteiger partial charge in [-0.1, -0.05) is 0 Å². The quantitative estimate of drug-likeness (QED) is 0.364. The predicted molar refractivity (Wildman–Crippen MR) is 128 cm³/mol. The van der Waals surface area contributed by atoms with Gasteiger partial charge in [-0.2, -0.15) is 0 Å². The van der Waals surface area contributed by atoms with Crippen LogP contribution in [-0.4, -0.2) is 37.2 Å². The first-order valence-corrected chi connectivity index (χ1v) is 14.0. The van der Waals surface area contributed by atoms with E-state index < -0.39 is 7.26 Å². The third-order valence-corrected chi connectivity index (χ3v) is 12.5. The van der Waals surface area contributed by atoms with E-state index >= 15 is 0 Å². The summed E-state index contributed by atoms with van der Waals surface area (Å²) in [5, 5.41) is 3.30. The Bertz CT molecular complexity index is 570. The number of hydrogen-bond acceptors (Lipinski definition) is 2. The molecule has 0 bridgehead atoms. The van der Waals surface area contributed by atoms with E-state index in [1.165, 1.54) is 57.0 Å². The molecule has 4 heteroatoms. The van der Waals surface area contributed by atoms with E-state index in [0.717, 1.165) is 22.6 Å². The first-order chi connectivity index (χ1) is 13.3. The van der Waals surface area contributed by atoms with E-state index in [4.69, 9.17) is 4.74 Å². The van der Waals surface area contributed by atoms with Crippen molar-refractivity contribution in [3.8, 4) is 5.75 Å². The molecule has 0 aliphatic carbocycles. The van der Waals surface area contributed by atoms with Gasteiger partial charge < -0.3 is 0 Å². The maximum absolute atomic E-state index is 13.4. The fourth-order valence-corrected chi connectivity index (χ4v) is 10.2. The molecule has 0 spiro atoms. The molecule has 1 aromatic rings. The summed E-state index contributed by atoms with van der Waals surface area (Å²) in [6.45, 7) is 13.1. The second kappa shape index (κ2) is 12.5. The molecule has 162 valence electrons. The van der Waals surface area contributed by atoms with Crippen molar-refractivity contribution in [2.75, 3.05) is 30.9 Å². The van der Waals surface area contributed by atoms with Crippen molar-refractivity contribution in [2.45, 2.75) is 85.7 Å². The van der Waals surface area contributed by atoms with E-state index in [1.54, 1.807) is 7.11 Å². The van der Waals surface area contributed by atoms with E-state index in [0.29, 0.717) is 0 Å². The van der Waals surface area contributed by atoms with Crippen LogP contribution in [-0.2, 0) is 4.79 Å². The van der Waals surface area contributed by atoms with Gasteiger partial charge in [0, 0.05) is 0 Å². The molecule has 0 saturated heterocycles. The van der Waals surface area contributed by atoms with Crippen molar-refractivity contribution in [1.29, 1.82) is 0 Å². The standard InChI is InChI=1S/C24H44NO2P/c1-8-11-14-28(15-12-9-2,16-13-10-3)21(6)24(26)25-23-19(4)17-22(27-7)18-20(23)5/h17-18,21,28H,8-16H2,1-7H3,(H,25,26). The molecule has 28 heavy (non-hydrogen) atoms. The molecular formula is C24H44NO2P. The molecule has 0 aliphatic heterocycles. The van der Waals surface area contributed by atoms with E-state index in [-0.39, 0.29) is 11.6 Å². The second-order valence-corrected chi connectivity index (χ2v) is 13.6. The van der Waals surface area contributed by atoms with Crippen molar-refractivity contribution in [1.82, 2.24) is 0 Å². The van der Waals surface area contributed by atoms with Crippen LogP contribution in [0.25, 0.3) is 0 Å². The Kier molecular flexibility index (Phi) is 11.1. The van der Waals surface area contributed by atoms with Gasteiger partial charge in [0.1, 0.15) is 0 Å². The van der Waals surface area contributed by atoms with Gasteiger partial charge in [0.05, 0.1) is 0 Å². The van der Waals surface area contributed by atoms with Gasteiger partial charge in [0.2, 0.25) is 0 Å². The second-order valence-electron chi connectivity index (χ2n) is 8.52. The SMILES string of the molecule is CCCC[PH](CCCC)(CCCC)C(C)C(=O)Nc1c(C)cc(OC)cc1C. The number of hydrogen-bond donors (Lipinski definition) is 1. The van der Waals surface area contributed by atoms with Gasteiger partial charge in [-0.25, -0.2) is 0 Å². The van der Waals surface area contributed by atoms with Crippen LogP contribution in [0.15, 0.2) is 12.1 Å². The van der Waals surface area contributed by atoms with Crippen LogP contribution in [0.4, 0.5) is 5.69 Å². The van der Waals surface area contributed by atoms with Crippen LogP contribution in [0.3, 0.4) is 0 Å². The van der Waals surface area contributed by atoms with E-state index in [1.807, 2.05) is 26.0 Å². The van der Waals surface area contributed by atoms with Gasteiger partial charge in [0.25, 0.3) is 0 Å². The zero-order valence-corrected chi connectivity index (χ0v) is 20.4. The van der Waals surface area contributed by atoms with Crippen LogP contribution >= 0.6 is 7.26 Å². The van der Waals surface area contributed by atoms with Crippen molar-refractivity contribution in [3.05, 3.63) is 23.3 Å². The Labute approximate surface area is 174 Å². The van der Waals surface area contributed by atoms with Crippen LogP contribution in [0.5, 0.6) is 5.75 Å². The summed E-state index contributed by atoms with van der Waals surface area (Å²) in [7, 11) is 0.0162. The third kappa shape index (κ3) is 6.76. The molecule has 1 amide bonds. The molecule has 0 fully saturated rings. The first-order valence-electron chi connectivity index (χ1n) is 11.3. The number of rotatable bonds is 13. The predicted octanol–water partition coefficient (Wildman–Crippen LogP) is 6.79. The molecule has 0 heterocycles. The van der Waals surface area contributed by atoms with Crippen LogP contribution in [0.1, 0.15) is 77.3 Å². The molecule has 1 rings (SSSR count). The van der Waals surface area contributed by atoms with Crippen molar-refractivity contribution in [3.63, 3.8) is 0 Å². The van der Waals surface area contributed by atoms with Crippen molar-refractivity contribution < 1.29 is 9.53 Å². The fraction of sp³-hybridized carbons (Fsp3) is 0.708. The number of amides is 1. The zero-order valence-electron chi connectivity index (χ0n) is 19.4. The topological polar surface area (TPSA) is 38.3 Å². The fourth-order valence-electron chi connectivity index (χ4n) is 4.36. The summed E-state index contributed by atoms with van der Waals surface area (Å²) >= 11 is 0. The zero-order chi connectivity index (χ0) is 21.2. The average molecular weight is 410 g/mol. The Morgan fingerprint density at radius 2 is 1.39 bits per heavy atom. The minimum absolute atomic E-state index is 0.151. The number of benzene rings is 1. The molecule has 0 radical (unpaired) electrons. The molecule has 0 aromatic heterocycles. The number of unbranched alkanes of at least 4 members (excludes halogenated alkanes) is 3. The molecule has 0 saturated carbocycles. The summed E-state index contributed by atoms with van der Waals surface area (Å²) in [5.41, 5.74) is 3.25. The Morgan fingerprint density at radius 3 is 1.75 bits per heavy atom. The van der Waals surface area contributed by atoms with Crippen LogP contribution < -0.4 is 10.1 Å². The molecule has 3 nitrogen and oxygen atoms in total. The molecule has 0 aliphatic rings. The summed E-state index contributed by atoms with van der Waals surface area (Å²) < 4.78 is 5.36. The number of nitrogens with one attached hydrogen (secondary N) is 1. The van der Waals surface area contributed by atoms with Gasteiger partial charge in [0.15, 0.2) is 0 Å². The average Bonchev–Trinajstić information content (AvgIpc) is 2.69.